The minimum absolute atomic E-state index is 0.0291. The molecule has 0 radical (unpaired) electrons. The van der Waals surface area contributed by atoms with Gasteiger partial charge in [0.2, 0.25) is 0 Å². The average Bonchev–Trinajstić information content (AvgIpc) is 2.58. The Kier molecular flexibility index (Phi) is 5.56. The number of carbonyl (C=O) groups is 1. The molecule has 1 saturated heterocycles. The van der Waals surface area contributed by atoms with Gasteiger partial charge >= 0.3 is 0 Å². The molecule has 0 unspecified atom stereocenters. The van der Waals surface area contributed by atoms with Crippen molar-refractivity contribution in [1.29, 1.82) is 0 Å². The summed E-state index contributed by atoms with van der Waals surface area (Å²) in [5.41, 5.74) is 1.95. The van der Waals surface area contributed by atoms with Gasteiger partial charge in [0.25, 0.3) is 5.91 Å². The van der Waals surface area contributed by atoms with Crippen molar-refractivity contribution in [2.24, 2.45) is 0 Å². The van der Waals surface area contributed by atoms with Crippen LogP contribution in [0, 0.1) is 0 Å². The van der Waals surface area contributed by atoms with Crippen molar-refractivity contribution in [3.05, 3.63) is 54.1 Å². The Bertz CT molecular complexity index is 691. The monoisotopic (exact) mass is 341 g/mol. The van der Waals surface area contributed by atoms with Gasteiger partial charge in [0, 0.05) is 5.69 Å². The lowest BCUT2D eigenvalue weighted by Crippen LogP contribution is -2.38. The number of hydrogen-bond donors (Lipinski definition) is 1. The van der Waals surface area contributed by atoms with Gasteiger partial charge in [-0.05, 0) is 47.9 Å². The summed E-state index contributed by atoms with van der Waals surface area (Å²) in [6, 6.07) is 15.1. The Balaban J connectivity index is 1.45. The minimum Gasteiger partial charge on any atom is -0.486 e. The lowest BCUT2D eigenvalue weighted by atomic mass is 10.0. The number of hydrogen-bond acceptors (Lipinski definition) is 4. The number of carbonyl (C=O) groups excluding carboxylic acids is 1. The van der Waals surface area contributed by atoms with Gasteiger partial charge in [0.1, 0.15) is 17.6 Å². The van der Waals surface area contributed by atoms with Crippen LogP contribution in [0.3, 0.4) is 0 Å². The van der Waals surface area contributed by atoms with Crippen LogP contribution in [0.15, 0.2) is 48.5 Å². The molecule has 0 spiro atoms. The summed E-state index contributed by atoms with van der Waals surface area (Å²) in [6.45, 7) is 5.51. The van der Waals surface area contributed by atoms with E-state index >= 15 is 0 Å². The van der Waals surface area contributed by atoms with Crippen LogP contribution in [0.4, 0.5) is 5.69 Å². The van der Waals surface area contributed by atoms with E-state index in [0.29, 0.717) is 30.6 Å². The van der Waals surface area contributed by atoms with Gasteiger partial charge in [-0.1, -0.05) is 26.0 Å². The van der Waals surface area contributed by atoms with E-state index in [0.717, 1.165) is 5.75 Å². The first-order valence-corrected chi connectivity index (χ1v) is 8.47. The molecule has 0 bridgehead atoms. The molecule has 0 saturated carbocycles. The molecule has 5 heteroatoms. The lowest BCUT2D eigenvalue weighted by molar-refractivity contribution is -0.118. The highest BCUT2D eigenvalue weighted by molar-refractivity contribution is 5.91. The summed E-state index contributed by atoms with van der Waals surface area (Å²) >= 11 is 0. The van der Waals surface area contributed by atoms with Crippen molar-refractivity contribution in [3.63, 3.8) is 0 Å². The van der Waals surface area contributed by atoms with Crippen molar-refractivity contribution in [2.75, 3.05) is 25.1 Å². The highest BCUT2D eigenvalue weighted by Gasteiger charge is 2.19. The molecule has 1 N–H and O–H groups in total. The van der Waals surface area contributed by atoms with Crippen molar-refractivity contribution < 1.29 is 19.0 Å². The van der Waals surface area contributed by atoms with Crippen LogP contribution in [-0.2, 0) is 9.53 Å². The number of anilines is 1. The molecule has 0 aromatic heterocycles. The zero-order valence-electron chi connectivity index (χ0n) is 14.5. The Labute approximate surface area is 147 Å². The van der Waals surface area contributed by atoms with Gasteiger partial charge in [0.05, 0.1) is 13.2 Å². The van der Waals surface area contributed by atoms with E-state index in [9.17, 15) is 4.79 Å². The highest BCUT2D eigenvalue weighted by Crippen LogP contribution is 2.20. The first-order chi connectivity index (χ1) is 12.1. The number of ether oxygens (including phenoxy) is 3. The molecule has 3 rings (SSSR count). The second-order valence-corrected chi connectivity index (χ2v) is 6.36. The Hall–Kier alpha value is -2.53. The van der Waals surface area contributed by atoms with Gasteiger partial charge in [-0.2, -0.15) is 0 Å². The first kappa shape index (κ1) is 17.3. The summed E-state index contributed by atoms with van der Waals surface area (Å²) in [4.78, 5) is 12.0. The fraction of sp³-hybridized carbons (Fsp3) is 0.350. The summed E-state index contributed by atoms with van der Waals surface area (Å²) < 4.78 is 16.3. The zero-order valence-corrected chi connectivity index (χ0v) is 14.5. The van der Waals surface area contributed by atoms with Crippen molar-refractivity contribution in [1.82, 2.24) is 0 Å². The second kappa shape index (κ2) is 8.03. The van der Waals surface area contributed by atoms with Gasteiger partial charge < -0.3 is 19.5 Å². The Morgan fingerprint density at radius 3 is 2.28 bits per heavy atom. The van der Waals surface area contributed by atoms with E-state index in [1.165, 1.54) is 5.56 Å². The third-order valence-corrected chi connectivity index (χ3v) is 3.97. The molecule has 2 aromatic carbocycles. The molecular formula is C20H23NO4. The van der Waals surface area contributed by atoms with E-state index < -0.39 is 0 Å². The number of benzene rings is 2. The fourth-order valence-corrected chi connectivity index (χ4v) is 2.39. The van der Waals surface area contributed by atoms with Crippen molar-refractivity contribution in [2.45, 2.75) is 25.9 Å². The predicted octanol–water partition coefficient (Wildman–Crippen LogP) is 3.61. The third kappa shape index (κ3) is 4.97. The highest BCUT2D eigenvalue weighted by atomic mass is 16.6. The maximum absolute atomic E-state index is 12.0. The summed E-state index contributed by atoms with van der Waals surface area (Å²) in [5.74, 6) is 1.73. The van der Waals surface area contributed by atoms with Crippen LogP contribution in [0.5, 0.6) is 11.5 Å². The minimum atomic E-state index is -0.200. The number of amides is 1. The number of nitrogens with one attached hydrogen (secondary N) is 1. The molecule has 1 fully saturated rings. The fourth-order valence-electron chi connectivity index (χ4n) is 2.39. The van der Waals surface area contributed by atoms with E-state index in [4.69, 9.17) is 14.2 Å². The van der Waals surface area contributed by atoms with E-state index in [-0.39, 0.29) is 18.6 Å². The van der Waals surface area contributed by atoms with Crippen LogP contribution < -0.4 is 14.8 Å². The van der Waals surface area contributed by atoms with Crippen LogP contribution in [0.25, 0.3) is 0 Å². The normalized spacial score (nSPS) is 14.0. The molecule has 2 aromatic rings. The smallest absolute Gasteiger partial charge is 0.262 e. The van der Waals surface area contributed by atoms with Gasteiger partial charge in [-0.25, -0.2) is 0 Å². The Morgan fingerprint density at radius 1 is 1.08 bits per heavy atom. The van der Waals surface area contributed by atoms with Gasteiger partial charge in [-0.3, -0.25) is 4.79 Å². The van der Waals surface area contributed by atoms with Crippen LogP contribution >= 0.6 is 0 Å². The van der Waals surface area contributed by atoms with Crippen LogP contribution in [0.1, 0.15) is 25.3 Å². The molecule has 1 aliphatic heterocycles. The maximum Gasteiger partial charge on any atom is 0.262 e. The molecule has 1 aliphatic rings. The van der Waals surface area contributed by atoms with E-state index in [1.54, 1.807) is 0 Å². The molecular weight excluding hydrogens is 318 g/mol. The second-order valence-electron chi connectivity index (χ2n) is 6.36. The molecule has 5 nitrogen and oxygen atoms in total. The topological polar surface area (TPSA) is 56.8 Å². The average molecular weight is 341 g/mol. The molecule has 1 heterocycles. The van der Waals surface area contributed by atoms with Crippen LogP contribution in [0.2, 0.25) is 0 Å². The summed E-state index contributed by atoms with van der Waals surface area (Å²) in [5, 5.41) is 2.81. The SMILES string of the molecule is CC(C)c1ccc(OCC(=O)Nc2ccc(OC3COC3)cc2)cc1. The number of rotatable bonds is 7. The molecule has 1 amide bonds. The standard InChI is InChI=1S/C20H23NO4/c1-14(2)15-3-7-17(8-4-15)24-13-20(22)21-16-5-9-18(10-6-16)25-19-11-23-12-19/h3-10,14,19H,11-13H2,1-2H3,(H,21,22). The lowest BCUT2D eigenvalue weighted by Gasteiger charge is -2.26. The molecule has 25 heavy (non-hydrogen) atoms. The summed E-state index contributed by atoms with van der Waals surface area (Å²) in [6.07, 6.45) is 0.135. The first-order valence-electron chi connectivity index (χ1n) is 8.47. The van der Waals surface area contributed by atoms with Crippen molar-refractivity contribution >= 4 is 11.6 Å². The van der Waals surface area contributed by atoms with Crippen molar-refractivity contribution in [3.8, 4) is 11.5 Å². The third-order valence-electron chi connectivity index (χ3n) is 3.97. The van der Waals surface area contributed by atoms with Gasteiger partial charge in [0.15, 0.2) is 6.61 Å². The molecule has 0 atom stereocenters. The van der Waals surface area contributed by atoms with E-state index in [2.05, 4.69) is 19.2 Å². The predicted molar refractivity (Wildman–Crippen MR) is 96.3 cm³/mol. The molecule has 0 aliphatic carbocycles. The van der Waals surface area contributed by atoms with Gasteiger partial charge in [-0.15, -0.1) is 0 Å². The Morgan fingerprint density at radius 2 is 1.72 bits per heavy atom. The largest absolute Gasteiger partial charge is 0.486 e. The van der Waals surface area contributed by atoms with Crippen LogP contribution in [-0.4, -0.2) is 31.8 Å². The van der Waals surface area contributed by atoms with E-state index in [1.807, 2.05) is 48.5 Å². The zero-order chi connectivity index (χ0) is 17.6. The molecule has 132 valence electrons. The quantitative estimate of drug-likeness (QED) is 0.836. The summed E-state index contributed by atoms with van der Waals surface area (Å²) in [7, 11) is 0. The maximum atomic E-state index is 12.0.